The summed E-state index contributed by atoms with van der Waals surface area (Å²) < 4.78 is 29.4. The van der Waals surface area contributed by atoms with Crippen molar-refractivity contribution in [3.63, 3.8) is 0 Å². The third-order valence-electron chi connectivity index (χ3n) is 5.15. The van der Waals surface area contributed by atoms with Crippen LogP contribution in [0, 0.1) is 6.92 Å². The molecule has 180 valence electrons. The molecular weight excluding hydrogens is 466 g/mol. The minimum atomic E-state index is -3.49. The number of pyridine rings is 4. The van der Waals surface area contributed by atoms with E-state index in [4.69, 9.17) is 9.72 Å². The number of nitrogens with one attached hydrogen (secondary N) is 1. The molecule has 4 heterocycles. The molecule has 35 heavy (non-hydrogen) atoms. The Hall–Kier alpha value is -3.92. The van der Waals surface area contributed by atoms with Crippen molar-refractivity contribution in [1.82, 2.24) is 25.3 Å². The second-order valence-corrected chi connectivity index (χ2v) is 10.4. The predicted molar refractivity (Wildman–Crippen MR) is 132 cm³/mol. The average Bonchev–Trinajstić information content (AvgIpc) is 2.81. The van der Waals surface area contributed by atoms with E-state index in [9.17, 15) is 13.2 Å². The summed E-state index contributed by atoms with van der Waals surface area (Å²) in [6.07, 6.45) is 5.90. The van der Waals surface area contributed by atoms with E-state index in [-0.39, 0.29) is 23.1 Å². The van der Waals surface area contributed by atoms with Gasteiger partial charge in [-0.15, -0.1) is 0 Å². The summed E-state index contributed by atoms with van der Waals surface area (Å²) in [5, 5.41) is 3.62. The van der Waals surface area contributed by atoms with Gasteiger partial charge in [-0.3, -0.25) is 14.8 Å². The van der Waals surface area contributed by atoms with Gasteiger partial charge in [-0.05, 0) is 51.1 Å². The van der Waals surface area contributed by atoms with E-state index < -0.39 is 15.7 Å². The van der Waals surface area contributed by atoms with Crippen molar-refractivity contribution in [3.8, 4) is 17.1 Å². The number of rotatable bonds is 7. The topological polar surface area (TPSA) is 124 Å². The second kappa shape index (κ2) is 9.75. The Morgan fingerprint density at radius 1 is 1.03 bits per heavy atom. The molecule has 0 aliphatic rings. The molecule has 10 heteroatoms. The number of fused-ring (bicyclic) bond motifs is 1. The molecule has 0 bridgehead atoms. The van der Waals surface area contributed by atoms with Crippen LogP contribution < -0.4 is 10.1 Å². The monoisotopic (exact) mass is 491 g/mol. The number of nitrogens with zero attached hydrogens (tertiary/aromatic N) is 4. The third-order valence-corrected chi connectivity index (χ3v) is 6.36. The first-order chi connectivity index (χ1) is 16.6. The van der Waals surface area contributed by atoms with Crippen molar-refractivity contribution in [2.45, 2.75) is 38.3 Å². The largest absolute Gasteiger partial charge is 0.475 e. The van der Waals surface area contributed by atoms with Crippen molar-refractivity contribution in [2.24, 2.45) is 0 Å². The maximum Gasteiger partial charge on any atom is 0.253 e. The Morgan fingerprint density at radius 3 is 2.51 bits per heavy atom. The van der Waals surface area contributed by atoms with Crippen LogP contribution in [-0.4, -0.2) is 46.6 Å². The standard InChI is InChI=1S/C25H25N5O4S/c1-15(2)34-24-8-6-17(12-28-24)21-7-5-18-11-27-20(10-22(18)30-21)14-29-25(31)19-9-23(35(4,32)33)16(3)26-13-19/h5-13,15H,14H2,1-4H3,(H,29,31). The number of sulfone groups is 1. The molecule has 0 saturated heterocycles. The number of hydrogen-bond donors (Lipinski definition) is 1. The van der Waals surface area contributed by atoms with Crippen molar-refractivity contribution in [3.05, 3.63) is 71.9 Å². The van der Waals surface area contributed by atoms with Gasteiger partial charge in [0, 0.05) is 41.9 Å². The highest BCUT2D eigenvalue weighted by atomic mass is 32.2. The zero-order valence-corrected chi connectivity index (χ0v) is 20.6. The molecule has 4 aromatic heterocycles. The number of carbonyl (C=O) groups is 1. The van der Waals surface area contributed by atoms with Gasteiger partial charge in [0.05, 0.1) is 45.7 Å². The summed E-state index contributed by atoms with van der Waals surface area (Å²) in [4.78, 5) is 30.1. The van der Waals surface area contributed by atoms with Crippen molar-refractivity contribution in [2.75, 3.05) is 6.26 Å². The molecule has 1 amide bonds. The summed E-state index contributed by atoms with van der Waals surface area (Å²) in [5.74, 6) is 0.111. The molecule has 0 aromatic carbocycles. The van der Waals surface area contributed by atoms with Crippen LogP contribution in [0.2, 0.25) is 0 Å². The fraction of sp³-hybridized carbons (Fsp3) is 0.240. The summed E-state index contributed by atoms with van der Waals surface area (Å²) in [5.41, 5.74) is 3.44. The minimum absolute atomic E-state index is 0.0315. The van der Waals surface area contributed by atoms with Gasteiger partial charge in [0.1, 0.15) is 0 Å². The maximum atomic E-state index is 12.6. The van der Waals surface area contributed by atoms with Crippen LogP contribution in [-0.2, 0) is 16.4 Å². The Bertz CT molecular complexity index is 1500. The van der Waals surface area contributed by atoms with Crippen LogP contribution in [0.25, 0.3) is 22.2 Å². The van der Waals surface area contributed by atoms with E-state index in [0.29, 0.717) is 17.3 Å². The number of aromatic nitrogens is 4. The molecule has 9 nitrogen and oxygen atoms in total. The Labute approximate surface area is 203 Å². The van der Waals surface area contributed by atoms with Gasteiger partial charge in [-0.1, -0.05) is 0 Å². The van der Waals surface area contributed by atoms with Crippen LogP contribution >= 0.6 is 0 Å². The molecule has 0 spiro atoms. The third kappa shape index (κ3) is 5.78. The molecule has 4 aromatic rings. The van der Waals surface area contributed by atoms with E-state index in [1.807, 2.05) is 38.1 Å². The number of ether oxygens (including phenoxy) is 1. The average molecular weight is 492 g/mol. The quantitative estimate of drug-likeness (QED) is 0.416. The highest BCUT2D eigenvalue weighted by Crippen LogP contribution is 2.22. The lowest BCUT2D eigenvalue weighted by Gasteiger charge is -2.10. The van der Waals surface area contributed by atoms with Crippen LogP contribution in [0.1, 0.15) is 35.6 Å². The van der Waals surface area contributed by atoms with Gasteiger partial charge in [-0.2, -0.15) is 0 Å². The van der Waals surface area contributed by atoms with Gasteiger partial charge in [0.2, 0.25) is 5.88 Å². The molecule has 0 aliphatic carbocycles. The van der Waals surface area contributed by atoms with Crippen LogP contribution in [0.15, 0.2) is 59.9 Å². The second-order valence-electron chi connectivity index (χ2n) is 8.38. The summed E-state index contributed by atoms with van der Waals surface area (Å²) in [7, 11) is -3.49. The Balaban J connectivity index is 1.51. The van der Waals surface area contributed by atoms with Crippen LogP contribution in [0.4, 0.5) is 0 Å². The molecule has 0 atom stereocenters. The van der Waals surface area contributed by atoms with Gasteiger partial charge < -0.3 is 10.1 Å². The van der Waals surface area contributed by atoms with Crippen LogP contribution in [0.3, 0.4) is 0 Å². The van der Waals surface area contributed by atoms with E-state index in [0.717, 1.165) is 28.4 Å². The van der Waals surface area contributed by atoms with Gasteiger partial charge in [0.15, 0.2) is 9.84 Å². The molecule has 0 saturated carbocycles. The van der Waals surface area contributed by atoms with Crippen molar-refractivity contribution < 1.29 is 17.9 Å². The highest BCUT2D eigenvalue weighted by Gasteiger charge is 2.16. The Kier molecular flexibility index (Phi) is 6.74. The van der Waals surface area contributed by atoms with E-state index in [1.54, 1.807) is 25.4 Å². The van der Waals surface area contributed by atoms with E-state index in [1.165, 1.54) is 12.3 Å². The molecule has 1 N–H and O–H groups in total. The minimum Gasteiger partial charge on any atom is -0.475 e. The lowest BCUT2D eigenvalue weighted by Crippen LogP contribution is -2.24. The molecule has 0 radical (unpaired) electrons. The number of amides is 1. The normalized spacial score (nSPS) is 11.6. The zero-order valence-electron chi connectivity index (χ0n) is 19.8. The van der Waals surface area contributed by atoms with E-state index in [2.05, 4.69) is 20.3 Å². The fourth-order valence-corrected chi connectivity index (χ4v) is 4.37. The lowest BCUT2D eigenvalue weighted by atomic mass is 10.1. The molecule has 0 aliphatic heterocycles. The van der Waals surface area contributed by atoms with Crippen LogP contribution in [0.5, 0.6) is 5.88 Å². The first kappa shape index (κ1) is 24.2. The van der Waals surface area contributed by atoms with Crippen molar-refractivity contribution >= 4 is 26.6 Å². The number of carbonyl (C=O) groups excluding carboxylic acids is 1. The smallest absolute Gasteiger partial charge is 0.253 e. The summed E-state index contributed by atoms with van der Waals surface area (Å²) in [6.45, 7) is 5.62. The lowest BCUT2D eigenvalue weighted by molar-refractivity contribution is 0.0950. The first-order valence-corrected chi connectivity index (χ1v) is 12.8. The zero-order chi connectivity index (χ0) is 25.2. The maximum absolute atomic E-state index is 12.6. The predicted octanol–water partition coefficient (Wildman–Crippen LogP) is 3.52. The van der Waals surface area contributed by atoms with Gasteiger partial charge >= 0.3 is 0 Å². The molecule has 4 rings (SSSR count). The SMILES string of the molecule is Cc1ncc(C(=O)NCc2cc3nc(-c4ccc(OC(C)C)nc4)ccc3cn2)cc1S(C)(=O)=O. The first-order valence-electron chi connectivity index (χ1n) is 10.9. The summed E-state index contributed by atoms with van der Waals surface area (Å²) >= 11 is 0. The van der Waals surface area contributed by atoms with Crippen molar-refractivity contribution in [1.29, 1.82) is 0 Å². The highest BCUT2D eigenvalue weighted by molar-refractivity contribution is 7.90. The van der Waals surface area contributed by atoms with E-state index >= 15 is 0 Å². The van der Waals surface area contributed by atoms with Gasteiger partial charge in [0.25, 0.3) is 5.91 Å². The molecular formula is C25H25N5O4S. The number of aryl methyl sites for hydroxylation is 1. The molecule has 0 unspecified atom stereocenters. The molecule has 0 fully saturated rings. The van der Waals surface area contributed by atoms with Gasteiger partial charge in [-0.25, -0.2) is 18.4 Å². The number of hydrogen-bond acceptors (Lipinski definition) is 8. The fourth-order valence-electron chi connectivity index (χ4n) is 3.44. The Morgan fingerprint density at radius 2 is 1.83 bits per heavy atom. The summed E-state index contributed by atoms with van der Waals surface area (Å²) in [6, 6.07) is 10.7.